The fourth-order valence-corrected chi connectivity index (χ4v) is 1.24. The van der Waals surface area contributed by atoms with Crippen LogP contribution in [0.15, 0.2) is 0 Å². The zero-order valence-corrected chi connectivity index (χ0v) is 9.09. The third kappa shape index (κ3) is 5.64. The Morgan fingerprint density at radius 1 is 1.46 bits per heavy atom. The number of rotatable bonds is 6. The topological polar surface area (TPSA) is 38.3 Å². The molecule has 0 aromatic heterocycles. The molecule has 0 aliphatic rings. The zero-order chi connectivity index (χ0) is 10.3. The van der Waals surface area contributed by atoms with Crippen LogP contribution in [0.3, 0.4) is 0 Å². The van der Waals surface area contributed by atoms with Gasteiger partial charge in [-0.2, -0.15) is 0 Å². The Labute approximate surface area is 80.8 Å². The molecular formula is C10H21NO2. The van der Waals surface area contributed by atoms with Gasteiger partial charge in [-0.1, -0.05) is 20.3 Å². The van der Waals surface area contributed by atoms with Crippen LogP contribution in [0.5, 0.6) is 0 Å². The summed E-state index contributed by atoms with van der Waals surface area (Å²) in [6, 6.07) is 0.108. The molecule has 0 fully saturated rings. The van der Waals surface area contributed by atoms with Gasteiger partial charge in [-0.3, -0.25) is 4.79 Å². The van der Waals surface area contributed by atoms with Crippen LogP contribution >= 0.6 is 0 Å². The van der Waals surface area contributed by atoms with Crippen molar-refractivity contribution in [2.24, 2.45) is 5.92 Å². The van der Waals surface area contributed by atoms with Gasteiger partial charge in [0.15, 0.2) is 0 Å². The van der Waals surface area contributed by atoms with Crippen molar-refractivity contribution in [3.05, 3.63) is 0 Å². The highest BCUT2D eigenvalue weighted by Gasteiger charge is 2.13. The summed E-state index contributed by atoms with van der Waals surface area (Å²) >= 11 is 0. The molecule has 3 heteroatoms. The second-order valence-corrected chi connectivity index (χ2v) is 3.55. The van der Waals surface area contributed by atoms with Gasteiger partial charge in [0, 0.05) is 19.1 Å². The summed E-state index contributed by atoms with van der Waals surface area (Å²) in [4.78, 5) is 11.5. The summed E-state index contributed by atoms with van der Waals surface area (Å²) in [6.07, 6.45) is 2.00. The fraction of sp³-hybridized carbons (Fsp3) is 0.900. The maximum absolute atomic E-state index is 11.5. The van der Waals surface area contributed by atoms with E-state index in [4.69, 9.17) is 4.74 Å². The summed E-state index contributed by atoms with van der Waals surface area (Å²) in [5.41, 5.74) is 0. The third-order valence-electron chi connectivity index (χ3n) is 1.97. The van der Waals surface area contributed by atoms with Gasteiger partial charge in [0.25, 0.3) is 0 Å². The smallest absolute Gasteiger partial charge is 0.223 e. The van der Waals surface area contributed by atoms with Gasteiger partial charge >= 0.3 is 0 Å². The lowest BCUT2D eigenvalue weighted by Gasteiger charge is -2.16. The summed E-state index contributed by atoms with van der Waals surface area (Å²) in [5, 5.41) is 2.90. The standard InChI is InChI=1S/C10H21NO2/c1-5-6-8(2)10(12)11-9(3)7-13-4/h8-9H,5-7H2,1-4H3,(H,11,12). The number of carbonyl (C=O) groups is 1. The maximum atomic E-state index is 11.5. The first-order valence-corrected chi connectivity index (χ1v) is 4.91. The minimum absolute atomic E-state index is 0.108. The third-order valence-corrected chi connectivity index (χ3v) is 1.97. The Balaban J connectivity index is 3.71. The first-order valence-electron chi connectivity index (χ1n) is 4.91. The predicted octanol–water partition coefficient (Wildman–Crippen LogP) is 1.57. The molecule has 2 atom stereocenters. The van der Waals surface area contributed by atoms with Gasteiger partial charge in [0.2, 0.25) is 5.91 Å². The van der Waals surface area contributed by atoms with Crippen molar-refractivity contribution in [2.45, 2.75) is 39.7 Å². The Morgan fingerprint density at radius 2 is 2.08 bits per heavy atom. The van der Waals surface area contributed by atoms with E-state index in [0.717, 1.165) is 12.8 Å². The van der Waals surface area contributed by atoms with Gasteiger partial charge in [-0.15, -0.1) is 0 Å². The van der Waals surface area contributed by atoms with Crippen LogP contribution in [0.2, 0.25) is 0 Å². The number of nitrogens with one attached hydrogen (secondary N) is 1. The number of hydrogen-bond donors (Lipinski definition) is 1. The monoisotopic (exact) mass is 187 g/mol. The molecule has 1 amide bonds. The minimum Gasteiger partial charge on any atom is -0.383 e. The minimum atomic E-state index is 0.108. The number of methoxy groups -OCH3 is 1. The van der Waals surface area contributed by atoms with Crippen LogP contribution in [0.1, 0.15) is 33.6 Å². The highest BCUT2D eigenvalue weighted by atomic mass is 16.5. The molecule has 13 heavy (non-hydrogen) atoms. The van der Waals surface area contributed by atoms with Crippen LogP contribution in [-0.4, -0.2) is 25.7 Å². The van der Waals surface area contributed by atoms with Crippen molar-refractivity contribution in [3.63, 3.8) is 0 Å². The average Bonchev–Trinajstić information content (AvgIpc) is 2.05. The van der Waals surface area contributed by atoms with Crippen LogP contribution in [0.25, 0.3) is 0 Å². The van der Waals surface area contributed by atoms with Crippen molar-refractivity contribution >= 4 is 5.91 Å². The molecule has 2 unspecified atom stereocenters. The molecule has 78 valence electrons. The zero-order valence-electron chi connectivity index (χ0n) is 9.09. The first-order chi connectivity index (χ1) is 6.11. The van der Waals surface area contributed by atoms with Crippen molar-refractivity contribution in [1.82, 2.24) is 5.32 Å². The quantitative estimate of drug-likeness (QED) is 0.685. The molecule has 0 spiro atoms. The summed E-state index contributed by atoms with van der Waals surface area (Å²) in [5.74, 6) is 0.246. The van der Waals surface area contributed by atoms with E-state index in [1.165, 1.54) is 0 Å². The maximum Gasteiger partial charge on any atom is 0.223 e. The van der Waals surface area contributed by atoms with Crippen LogP contribution in [-0.2, 0) is 9.53 Å². The molecular weight excluding hydrogens is 166 g/mol. The lowest BCUT2D eigenvalue weighted by atomic mass is 10.1. The van der Waals surface area contributed by atoms with E-state index in [9.17, 15) is 4.79 Å². The molecule has 0 radical (unpaired) electrons. The molecule has 0 saturated heterocycles. The van der Waals surface area contributed by atoms with E-state index in [0.29, 0.717) is 6.61 Å². The number of ether oxygens (including phenoxy) is 1. The second kappa shape index (κ2) is 6.89. The highest BCUT2D eigenvalue weighted by molar-refractivity contribution is 5.78. The summed E-state index contributed by atoms with van der Waals surface area (Å²) < 4.78 is 4.93. The lowest BCUT2D eigenvalue weighted by molar-refractivity contribution is -0.125. The second-order valence-electron chi connectivity index (χ2n) is 3.55. The lowest BCUT2D eigenvalue weighted by Crippen LogP contribution is -2.38. The van der Waals surface area contributed by atoms with Gasteiger partial charge < -0.3 is 10.1 Å². The normalized spacial score (nSPS) is 15.1. The van der Waals surface area contributed by atoms with Crippen molar-refractivity contribution in [1.29, 1.82) is 0 Å². The SMILES string of the molecule is CCCC(C)C(=O)NC(C)COC. The molecule has 0 aromatic carbocycles. The molecule has 0 bridgehead atoms. The molecule has 0 heterocycles. The van der Waals surface area contributed by atoms with Crippen LogP contribution in [0, 0.1) is 5.92 Å². The van der Waals surface area contributed by atoms with E-state index >= 15 is 0 Å². The molecule has 0 aliphatic heterocycles. The van der Waals surface area contributed by atoms with Crippen LogP contribution < -0.4 is 5.32 Å². The summed E-state index contributed by atoms with van der Waals surface area (Å²) in [7, 11) is 1.64. The molecule has 0 aliphatic carbocycles. The molecule has 3 nitrogen and oxygen atoms in total. The van der Waals surface area contributed by atoms with Gasteiger partial charge in [-0.05, 0) is 13.3 Å². The van der Waals surface area contributed by atoms with Gasteiger partial charge in [0.05, 0.1) is 6.61 Å². The Bertz CT molecular complexity index is 148. The van der Waals surface area contributed by atoms with E-state index in [1.807, 2.05) is 13.8 Å². The first kappa shape index (κ1) is 12.4. The largest absolute Gasteiger partial charge is 0.383 e. The highest BCUT2D eigenvalue weighted by Crippen LogP contribution is 2.04. The molecule has 0 aromatic rings. The van der Waals surface area contributed by atoms with E-state index < -0.39 is 0 Å². The fourth-order valence-electron chi connectivity index (χ4n) is 1.24. The Hall–Kier alpha value is -0.570. The van der Waals surface area contributed by atoms with Gasteiger partial charge in [-0.25, -0.2) is 0 Å². The predicted molar refractivity (Wildman–Crippen MR) is 53.6 cm³/mol. The van der Waals surface area contributed by atoms with Crippen LogP contribution in [0.4, 0.5) is 0 Å². The van der Waals surface area contributed by atoms with Crippen molar-refractivity contribution in [3.8, 4) is 0 Å². The van der Waals surface area contributed by atoms with E-state index in [-0.39, 0.29) is 17.9 Å². The van der Waals surface area contributed by atoms with Crippen molar-refractivity contribution < 1.29 is 9.53 Å². The average molecular weight is 187 g/mol. The molecule has 1 N–H and O–H groups in total. The molecule has 0 rings (SSSR count). The Kier molecular flexibility index (Phi) is 6.59. The van der Waals surface area contributed by atoms with E-state index in [1.54, 1.807) is 7.11 Å². The van der Waals surface area contributed by atoms with Crippen molar-refractivity contribution in [2.75, 3.05) is 13.7 Å². The molecule has 0 saturated carbocycles. The summed E-state index contributed by atoms with van der Waals surface area (Å²) in [6.45, 7) is 6.56. The van der Waals surface area contributed by atoms with Gasteiger partial charge in [0.1, 0.15) is 0 Å². The Morgan fingerprint density at radius 3 is 2.54 bits per heavy atom. The number of amides is 1. The number of carbonyl (C=O) groups excluding carboxylic acids is 1. The van der Waals surface area contributed by atoms with E-state index in [2.05, 4.69) is 12.2 Å². The number of hydrogen-bond acceptors (Lipinski definition) is 2.